The van der Waals surface area contributed by atoms with Crippen LogP contribution in [-0.2, 0) is 0 Å². The molecular weight excluding hydrogens is 134 g/mol. The highest BCUT2D eigenvalue weighted by atomic mass is 14.8. The van der Waals surface area contributed by atoms with Crippen LogP contribution in [0.15, 0.2) is 36.4 Å². The Balaban J connectivity index is 0.000000187. The quantitative estimate of drug-likeness (QED) is 0.684. The molecule has 1 heteroatoms. The first kappa shape index (κ1) is 10.2. The van der Waals surface area contributed by atoms with E-state index in [4.69, 9.17) is 0 Å². The van der Waals surface area contributed by atoms with Crippen LogP contribution in [0.25, 0.3) is 0 Å². The fourth-order valence-corrected chi connectivity index (χ4v) is 0.635. The average molecular weight is 151 g/mol. The SMILES string of the molecule is CCCNC.c1ccccc1. The molecule has 0 fully saturated rings. The predicted molar refractivity (Wildman–Crippen MR) is 50.7 cm³/mol. The molecule has 0 aliphatic heterocycles. The second-order valence-electron chi connectivity index (χ2n) is 2.26. The van der Waals surface area contributed by atoms with E-state index >= 15 is 0 Å². The third kappa shape index (κ3) is 9.18. The molecule has 1 rings (SSSR count). The summed E-state index contributed by atoms with van der Waals surface area (Å²) in [6, 6.07) is 12.0. The van der Waals surface area contributed by atoms with Crippen molar-refractivity contribution < 1.29 is 0 Å². The molecule has 0 spiro atoms. The van der Waals surface area contributed by atoms with Gasteiger partial charge in [-0.05, 0) is 20.0 Å². The summed E-state index contributed by atoms with van der Waals surface area (Å²) >= 11 is 0. The van der Waals surface area contributed by atoms with E-state index in [1.54, 1.807) is 0 Å². The van der Waals surface area contributed by atoms with Gasteiger partial charge in [0.1, 0.15) is 0 Å². The van der Waals surface area contributed by atoms with Crippen LogP contribution < -0.4 is 5.32 Å². The highest BCUT2D eigenvalue weighted by Crippen LogP contribution is 1.79. The highest BCUT2D eigenvalue weighted by molar-refractivity contribution is 4.99. The summed E-state index contributed by atoms with van der Waals surface area (Å²) in [4.78, 5) is 0. The zero-order chi connectivity index (χ0) is 8.36. The molecule has 0 aliphatic rings. The molecule has 0 heterocycles. The Bertz CT molecular complexity index is 108. The van der Waals surface area contributed by atoms with Crippen LogP contribution in [0, 0.1) is 0 Å². The van der Waals surface area contributed by atoms with Crippen molar-refractivity contribution >= 4 is 0 Å². The molecule has 0 saturated carbocycles. The largest absolute Gasteiger partial charge is 0.320 e. The van der Waals surface area contributed by atoms with Gasteiger partial charge in [0.2, 0.25) is 0 Å². The maximum atomic E-state index is 3.02. The Morgan fingerprint density at radius 2 is 1.27 bits per heavy atom. The second-order valence-corrected chi connectivity index (χ2v) is 2.26. The summed E-state index contributed by atoms with van der Waals surface area (Å²) in [5, 5.41) is 3.02. The monoisotopic (exact) mass is 151 g/mol. The molecule has 0 atom stereocenters. The maximum absolute atomic E-state index is 3.02. The first-order chi connectivity index (χ1) is 5.41. The van der Waals surface area contributed by atoms with Crippen LogP contribution in [0.3, 0.4) is 0 Å². The van der Waals surface area contributed by atoms with Crippen molar-refractivity contribution in [2.45, 2.75) is 13.3 Å². The van der Waals surface area contributed by atoms with Crippen molar-refractivity contribution in [3.8, 4) is 0 Å². The third-order valence-corrected chi connectivity index (χ3v) is 1.17. The minimum absolute atomic E-state index is 1.14. The lowest BCUT2D eigenvalue weighted by Crippen LogP contribution is -2.04. The van der Waals surface area contributed by atoms with Gasteiger partial charge in [0, 0.05) is 0 Å². The van der Waals surface area contributed by atoms with Gasteiger partial charge < -0.3 is 5.32 Å². The standard InChI is InChI=1S/C6H6.C4H11N/c1-2-4-6-5-3-1;1-3-4-5-2/h1-6H;5H,3-4H2,1-2H3. The zero-order valence-corrected chi connectivity index (χ0v) is 7.38. The van der Waals surface area contributed by atoms with E-state index < -0.39 is 0 Å². The summed E-state index contributed by atoms with van der Waals surface area (Å²) in [5.41, 5.74) is 0. The lowest BCUT2D eigenvalue weighted by atomic mass is 10.4. The number of hydrogen-bond acceptors (Lipinski definition) is 1. The lowest BCUT2D eigenvalue weighted by molar-refractivity contribution is 0.772. The summed E-state index contributed by atoms with van der Waals surface area (Å²) in [7, 11) is 1.96. The third-order valence-electron chi connectivity index (χ3n) is 1.17. The predicted octanol–water partition coefficient (Wildman–Crippen LogP) is 2.30. The number of rotatable bonds is 2. The number of benzene rings is 1. The summed E-state index contributed by atoms with van der Waals surface area (Å²) in [6.07, 6.45) is 1.23. The molecule has 11 heavy (non-hydrogen) atoms. The molecular formula is C10H17N. The smallest absolute Gasteiger partial charge is 0.00546 e. The lowest BCUT2D eigenvalue weighted by Gasteiger charge is -1.84. The first-order valence-corrected chi connectivity index (χ1v) is 4.06. The molecule has 62 valence electrons. The molecule has 0 amide bonds. The summed E-state index contributed by atoms with van der Waals surface area (Å²) in [6.45, 7) is 3.29. The van der Waals surface area contributed by atoms with E-state index in [0.29, 0.717) is 0 Å². The molecule has 1 N–H and O–H groups in total. The van der Waals surface area contributed by atoms with Gasteiger partial charge >= 0.3 is 0 Å². The van der Waals surface area contributed by atoms with Crippen LogP contribution >= 0.6 is 0 Å². The van der Waals surface area contributed by atoms with Crippen molar-refractivity contribution in [3.05, 3.63) is 36.4 Å². The van der Waals surface area contributed by atoms with Gasteiger partial charge in [0.15, 0.2) is 0 Å². The molecule has 0 aromatic heterocycles. The van der Waals surface area contributed by atoms with Gasteiger partial charge in [-0.15, -0.1) is 0 Å². The maximum Gasteiger partial charge on any atom is -0.00546 e. The van der Waals surface area contributed by atoms with Crippen molar-refractivity contribution in [2.75, 3.05) is 13.6 Å². The van der Waals surface area contributed by atoms with E-state index in [9.17, 15) is 0 Å². The van der Waals surface area contributed by atoms with Crippen molar-refractivity contribution in [2.24, 2.45) is 0 Å². The number of hydrogen-bond donors (Lipinski definition) is 1. The number of nitrogens with one attached hydrogen (secondary N) is 1. The fourth-order valence-electron chi connectivity index (χ4n) is 0.635. The Morgan fingerprint density at radius 1 is 0.909 bits per heavy atom. The van der Waals surface area contributed by atoms with Gasteiger partial charge in [-0.2, -0.15) is 0 Å². The average Bonchev–Trinajstić information content (AvgIpc) is 2.10. The Labute approximate surface area is 69.4 Å². The Morgan fingerprint density at radius 3 is 1.36 bits per heavy atom. The van der Waals surface area contributed by atoms with Crippen LogP contribution in [-0.4, -0.2) is 13.6 Å². The molecule has 1 aromatic rings. The van der Waals surface area contributed by atoms with E-state index in [1.165, 1.54) is 6.42 Å². The zero-order valence-electron chi connectivity index (χ0n) is 7.38. The Hall–Kier alpha value is -0.820. The minimum Gasteiger partial charge on any atom is -0.320 e. The Kier molecular flexibility index (Phi) is 8.50. The van der Waals surface area contributed by atoms with Crippen LogP contribution in [0.2, 0.25) is 0 Å². The fraction of sp³-hybridized carbons (Fsp3) is 0.400. The molecule has 0 aliphatic carbocycles. The van der Waals surface area contributed by atoms with Crippen LogP contribution in [0.4, 0.5) is 0 Å². The minimum atomic E-state index is 1.14. The van der Waals surface area contributed by atoms with Gasteiger partial charge in [-0.25, -0.2) is 0 Å². The van der Waals surface area contributed by atoms with Crippen LogP contribution in [0.5, 0.6) is 0 Å². The molecule has 0 radical (unpaired) electrons. The molecule has 0 bridgehead atoms. The molecule has 0 unspecified atom stereocenters. The summed E-state index contributed by atoms with van der Waals surface area (Å²) in [5.74, 6) is 0. The highest BCUT2D eigenvalue weighted by Gasteiger charge is 1.64. The van der Waals surface area contributed by atoms with Crippen molar-refractivity contribution in [3.63, 3.8) is 0 Å². The van der Waals surface area contributed by atoms with E-state index in [-0.39, 0.29) is 0 Å². The van der Waals surface area contributed by atoms with Gasteiger partial charge in [0.25, 0.3) is 0 Å². The molecule has 1 aromatic carbocycles. The molecule has 1 nitrogen and oxygen atoms in total. The van der Waals surface area contributed by atoms with Gasteiger partial charge in [0.05, 0.1) is 0 Å². The topological polar surface area (TPSA) is 12.0 Å². The van der Waals surface area contributed by atoms with Gasteiger partial charge in [-0.3, -0.25) is 0 Å². The van der Waals surface area contributed by atoms with Crippen molar-refractivity contribution in [1.29, 1.82) is 0 Å². The van der Waals surface area contributed by atoms with E-state index in [0.717, 1.165) is 6.54 Å². The second kappa shape index (κ2) is 9.18. The van der Waals surface area contributed by atoms with Crippen molar-refractivity contribution in [1.82, 2.24) is 5.32 Å². The van der Waals surface area contributed by atoms with E-state index in [1.807, 2.05) is 43.4 Å². The van der Waals surface area contributed by atoms with Gasteiger partial charge in [-0.1, -0.05) is 43.3 Å². The normalized spacial score (nSPS) is 8.18. The van der Waals surface area contributed by atoms with Crippen LogP contribution in [0.1, 0.15) is 13.3 Å². The first-order valence-electron chi connectivity index (χ1n) is 4.06. The molecule has 0 saturated heterocycles. The van der Waals surface area contributed by atoms with E-state index in [2.05, 4.69) is 12.2 Å². The summed E-state index contributed by atoms with van der Waals surface area (Å²) < 4.78 is 0.